The zero-order chi connectivity index (χ0) is 29.1. The largest absolute Gasteiger partial charge is 0.454 e. The van der Waals surface area contributed by atoms with Gasteiger partial charge >= 0.3 is 5.97 Å². The molecular weight excluding hydrogens is 596 g/mol. The molecule has 7 rings (SSSR count). The van der Waals surface area contributed by atoms with Gasteiger partial charge in [0, 0.05) is 21.0 Å². The first-order valence-corrected chi connectivity index (χ1v) is 14.6. The number of hydrogen-bond acceptors (Lipinski definition) is 6. The molecule has 0 radical (unpaired) electrons. The van der Waals surface area contributed by atoms with Gasteiger partial charge in [0.2, 0.25) is 11.8 Å². The Bertz CT molecular complexity index is 1800. The Morgan fingerprint density at radius 2 is 1.57 bits per heavy atom. The van der Waals surface area contributed by atoms with Crippen LogP contribution in [0, 0.1) is 30.6 Å². The summed E-state index contributed by atoms with van der Waals surface area (Å²) in [5.74, 6) is -1.42. The molecule has 42 heavy (non-hydrogen) atoms. The lowest BCUT2D eigenvalue weighted by Crippen LogP contribution is -2.32. The van der Waals surface area contributed by atoms with E-state index in [0.717, 1.165) is 16.5 Å². The molecule has 0 spiro atoms. The summed E-state index contributed by atoms with van der Waals surface area (Å²) in [5.41, 5.74) is 4.08. The first-order valence-electron chi connectivity index (χ1n) is 13.8. The third-order valence-corrected chi connectivity index (χ3v) is 9.10. The number of ether oxygens (including phenoxy) is 1. The number of esters is 1. The second-order valence-electron chi connectivity index (χ2n) is 11.1. The molecule has 2 fully saturated rings. The summed E-state index contributed by atoms with van der Waals surface area (Å²) in [4.78, 5) is 58.5. The van der Waals surface area contributed by atoms with Gasteiger partial charge in [-0.05, 0) is 67.6 Å². The molecule has 1 saturated heterocycles. The monoisotopic (exact) mass is 620 g/mol. The summed E-state index contributed by atoms with van der Waals surface area (Å²) in [6, 6.07) is 21.2. The molecule has 3 aromatic carbocycles. The number of hydrogen-bond donors (Lipinski definition) is 0. The van der Waals surface area contributed by atoms with Crippen molar-refractivity contribution in [2.75, 3.05) is 11.5 Å². The molecule has 1 aliphatic heterocycles. The molecule has 7 nitrogen and oxygen atoms in total. The van der Waals surface area contributed by atoms with Crippen LogP contribution in [0.5, 0.6) is 0 Å². The molecule has 2 heterocycles. The van der Waals surface area contributed by atoms with Gasteiger partial charge in [-0.3, -0.25) is 19.3 Å². The topological polar surface area (TPSA) is 93.6 Å². The SMILES string of the molecule is Cc1ccc2nc(-c3ccc(N4C(=O)C5C6C=CC(C6)C5C4=O)cc3)cc(C(=O)OCC(=O)c3ccc(Br)cc3)c2c1. The number of benzene rings is 3. The third-order valence-electron chi connectivity index (χ3n) is 8.58. The molecule has 1 aromatic heterocycles. The molecule has 208 valence electrons. The minimum absolute atomic E-state index is 0.128. The van der Waals surface area contributed by atoms with Crippen LogP contribution < -0.4 is 4.90 Å². The zero-order valence-corrected chi connectivity index (χ0v) is 24.2. The highest BCUT2D eigenvalue weighted by atomic mass is 79.9. The minimum atomic E-state index is -0.626. The van der Waals surface area contributed by atoms with Crippen LogP contribution in [-0.2, 0) is 14.3 Å². The van der Waals surface area contributed by atoms with Gasteiger partial charge in [0.25, 0.3) is 0 Å². The normalized spacial score (nSPS) is 22.2. The van der Waals surface area contributed by atoms with Crippen molar-refractivity contribution in [3.63, 3.8) is 0 Å². The number of Topliss-reactive ketones (excluding diaryl/α,β-unsaturated/α-hetero) is 1. The van der Waals surface area contributed by atoms with Gasteiger partial charge < -0.3 is 4.74 Å². The van der Waals surface area contributed by atoms with Crippen LogP contribution in [0.1, 0.15) is 32.7 Å². The minimum Gasteiger partial charge on any atom is -0.454 e. The molecule has 2 bridgehead atoms. The van der Waals surface area contributed by atoms with Crippen molar-refractivity contribution in [2.45, 2.75) is 13.3 Å². The number of allylic oxidation sites excluding steroid dienone is 2. The quantitative estimate of drug-likeness (QED) is 0.108. The van der Waals surface area contributed by atoms with Crippen molar-refractivity contribution in [2.24, 2.45) is 23.7 Å². The highest BCUT2D eigenvalue weighted by Gasteiger charge is 2.59. The second-order valence-corrected chi connectivity index (χ2v) is 12.1. The second kappa shape index (κ2) is 10.1. The summed E-state index contributed by atoms with van der Waals surface area (Å²) in [7, 11) is 0. The van der Waals surface area contributed by atoms with Crippen LogP contribution in [0.3, 0.4) is 0 Å². The fraction of sp³-hybridized carbons (Fsp3) is 0.206. The number of amides is 2. The number of imide groups is 1. The average molecular weight is 621 g/mol. The number of aromatic nitrogens is 1. The third kappa shape index (κ3) is 4.38. The molecular formula is C34H25BrN2O5. The van der Waals surface area contributed by atoms with Gasteiger partial charge in [-0.1, -0.05) is 64.0 Å². The predicted molar refractivity (Wildman–Crippen MR) is 161 cm³/mol. The van der Waals surface area contributed by atoms with Gasteiger partial charge in [-0.15, -0.1) is 0 Å². The van der Waals surface area contributed by atoms with Gasteiger partial charge in [0.05, 0.1) is 34.3 Å². The molecule has 4 aromatic rings. The predicted octanol–water partition coefficient (Wildman–Crippen LogP) is 6.32. The maximum Gasteiger partial charge on any atom is 0.339 e. The number of nitrogens with zero attached hydrogens (tertiary/aromatic N) is 2. The number of halogens is 1. The van der Waals surface area contributed by atoms with Crippen LogP contribution in [0.15, 0.2) is 89.4 Å². The number of carbonyl (C=O) groups is 4. The van der Waals surface area contributed by atoms with Crippen LogP contribution >= 0.6 is 15.9 Å². The number of ketones is 1. The van der Waals surface area contributed by atoms with E-state index in [4.69, 9.17) is 9.72 Å². The van der Waals surface area contributed by atoms with Crippen molar-refractivity contribution in [1.82, 2.24) is 4.98 Å². The van der Waals surface area contributed by atoms with Crippen LogP contribution in [0.4, 0.5) is 5.69 Å². The van der Waals surface area contributed by atoms with Gasteiger partial charge in [0.15, 0.2) is 12.4 Å². The Hall–Kier alpha value is -4.43. The summed E-state index contributed by atoms with van der Waals surface area (Å²) >= 11 is 3.35. The standard InChI is InChI=1S/C34H25BrN2O5/c1-18-2-13-27-25(14-18)26(34(41)42-17-29(38)20-5-9-23(35)10-6-20)16-28(36-27)19-7-11-24(12-8-19)37-32(39)30-21-3-4-22(15-21)31(30)33(37)40/h2-14,16,21-22,30-31H,15,17H2,1H3. The molecule has 4 unspecified atom stereocenters. The van der Waals surface area contributed by atoms with Crippen molar-refractivity contribution in [3.8, 4) is 11.3 Å². The Balaban J connectivity index is 1.16. The number of anilines is 1. The van der Waals surface area contributed by atoms with E-state index in [-0.39, 0.29) is 41.3 Å². The fourth-order valence-electron chi connectivity index (χ4n) is 6.52. The van der Waals surface area contributed by atoms with E-state index in [1.165, 1.54) is 4.90 Å². The number of fused-ring (bicyclic) bond motifs is 6. The molecule has 4 atom stereocenters. The van der Waals surface area contributed by atoms with E-state index in [2.05, 4.69) is 28.1 Å². The number of pyridine rings is 1. The van der Waals surface area contributed by atoms with Crippen molar-refractivity contribution in [1.29, 1.82) is 0 Å². The van der Waals surface area contributed by atoms with Crippen molar-refractivity contribution in [3.05, 3.63) is 106 Å². The van der Waals surface area contributed by atoms with Crippen molar-refractivity contribution < 1.29 is 23.9 Å². The highest BCUT2D eigenvalue weighted by molar-refractivity contribution is 9.10. The Labute approximate surface area is 250 Å². The van der Waals surface area contributed by atoms with E-state index >= 15 is 0 Å². The van der Waals surface area contributed by atoms with Crippen LogP contribution in [0.2, 0.25) is 0 Å². The zero-order valence-electron chi connectivity index (χ0n) is 22.6. The van der Waals surface area contributed by atoms with E-state index in [0.29, 0.717) is 39.0 Å². The van der Waals surface area contributed by atoms with Gasteiger partial charge in [-0.25, -0.2) is 9.78 Å². The first kappa shape index (κ1) is 26.5. The van der Waals surface area contributed by atoms with E-state index in [1.54, 1.807) is 54.6 Å². The van der Waals surface area contributed by atoms with E-state index in [1.807, 2.05) is 25.1 Å². The van der Waals surface area contributed by atoms with Crippen LogP contribution in [0.25, 0.3) is 22.2 Å². The number of carbonyl (C=O) groups excluding carboxylic acids is 4. The molecule has 2 amide bonds. The average Bonchev–Trinajstić information content (AvgIpc) is 3.69. The Morgan fingerprint density at radius 3 is 2.24 bits per heavy atom. The Morgan fingerprint density at radius 1 is 0.905 bits per heavy atom. The molecule has 8 heteroatoms. The van der Waals surface area contributed by atoms with Crippen molar-refractivity contribution >= 4 is 56.1 Å². The van der Waals surface area contributed by atoms with Gasteiger partial charge in [-0.2, -0.15) is 0 Å². The lowest BCUT2D eigenvalue weighted by molar-refractivity contribution is -0.123. The smallest absolute Gasteiger partial charge is 0.339 e. The summed E-state index contributed by atoms with van der Waals surface area (Å²) < 4.78 is 6.32. The number of rotatable bonds is 6. The number of aryl methyl sites for hydroxylation is 1. The summed E-state index contributed by atoms with van der Waals surface area (Å²) in [5, 5.41) is 0.625. The first-order chi connectivity index (χ1) is 20.3. The Kier molecular flexibility index (Phi) is 6.39. The molecule has 3 aliphatic rings. The maximum atomic E-state index is 13.3. The van der Waals surface area contributed by atoms with E-state index < -0.39 is 12.6 Å². The maximum absolute atomic E-state index is 13.3. The summed E-state index contributed by atoms with van der Waals surface area (Å²) in [6.45, 7) is 1.53. The fourth-order valence-corrected chi connectivity index (χ4v) is 6.79. The van der Waals surface area contributed by atoms with Gasteiger partial charge in [0.1, 0.15) is 0 Å². The summed E-state index contributed by atoms with van der Waals surface area (Å²) in [6.07, 6.45) is 5.04. The molecule has 1 saturated carbocycles. The van der Waals surface area contributed by atoms with Crippen LogP contribution in [-0.4, -0.2) is 35.2 Å². The lowest BCUT2D eigenvalue weighted by atomic mass is 9.85. The highest BCUT2D eigenvalue weighted by Crippen LogP contribution is 2.53. The lowest BCUT2D eigenvalue weighted by Gasteiger charge is -2.17. The molecule has 2 aliphatic carbocycles. The molecule has 0 N–H and O–H groups in total. The van der Waals surface area contributed by atoms with E-state index in [9.17, 15) is 19.2 Å².